The lowest BCUT2D eigenvalue weighted by atomic mass is 9.93. The van der Waals surface area contributed by atoms with Gasteiger partial charge in [-0.05, 0) is 30.0 Å². The maximum Gasteiger partial charge on any atom is 0.330 e. The molecule has 0 radical (unpaired) electrons. The van der Waals surface area contributed by atoms with Gasteiger partial charge in [0.1, 0.15) is 5.82 Å². The molecule has 9 heteroatoms. The molecule has 0 fully saturated rings. The van der Waals surface area contributed by atoms with Gasteiger partial charge in [-0.15, -0.1) is 0 Å². The van der Waals surface area contributed by atoms with Gasteiger partial charge in [-0.1, -0.05) is 51.0 Å². The number of amides is 2. The van der Waals surface area contributed by atoms with E-state index in [0.717, 1.165) is 24.0 Å². The van der Waals surface area contributed by atoms with Crippen LogP contribution in [0.5, 0.6) is 0 Å². The molecule has 0 saturated heterocycles. The van der Waals surface area contributed by atoms with Crippen molar-refractivity contribution in [2.75, 3.05) is 17.2 Å². The number of rotatable bonds is 9. The number of hydrogen-bond acceptors (Lipinski definition) is 5. The Morgan fingerprint density at radius 1 is 1.12 bits per heavy atom. The number of fused-ring (bicyclic) bond motifs is 1. The minimum atomic E-state index is -0.688. The summed E-state index contributed by atoms with van der Waals surface area (Å²) in [7, 11) is 0. The Balaban J connectivity index is 2.03. The van der Waals surface area contributed by atoms with Crippen LogP contribution in [0.4, 0.5) is 11.5 Å². The average Bonchev–Trinajstić information content (AvgIpc) is 2.80. The number of carbonyl (C=O) groups is 2. The lowest BCUT2D eigenvalue weighted by Crippen LogP contribution is -2.43. The van der Waals surface area contributed by atoms with Gasteiger partial charge in [0.25, 0.3) is 5.56 Å². The number of nitrogens with zero attached hydrogens (tertiary/aromatic N) is 3. The molecule has 2 amide bonds. The van der Waals surface area contributed by atoms with Crippen LogP contribution in [0.3, 0.4) is 0 Å². The summed E-state index contributed by atoms with van der Waals surface area (Å²) in [5.74, 6) is -0.541. The number of anilines is 2. The second kappa shape index (κ2) is 11.0. The van der Waals surface area contributed by atoms with Crippen LogP contribution >= 0.6 is 0 Å². The maximum atomic E-state index is 13.7. The van der Waals surface area contributed by atoms with Crippen LogP contribution in [0.25, 0.3) is 6.08 Å². The van der Waals surface area contributed by atoms with Crippen molar-refractivity contribution >= 4 is 29.4 Å². The van der Waals surface area contributed by atoms with Gasteiger partial charge in [-0.3, -0.25) is 23.9 Å². The van der Waals surface area contributed by atoms with E-state index in [9.17, 15) is 19.2 Å². The van der Waals surface area contributed by atoms with E-state index in [1.54, 1.807) is 6.20 Å². The molecule has 9 nitrogen and oxygen atoms in total. The van der Waals surface area contributed by atoms with E-state index in [0.29, 0.717) is 19.4 Å². The summed E-state index contributed by atoms with van der Waals surface area (Å²) in [6.45, 7) is 6.05. The fourth-order valence-electron chi connectivity index (χ4n) is 4.24. The maximum absolute atomic E-state index is 13.7. The molecule has 0 saturated carbocycles. The third kappa shape index (κ3) is 5.13. The van der Waals surface area contributed by atoms with E-state index in [1.165, 1.54) is 21.3 Å². The van der Waals surface area contributed by atoms with Crippen LogP contribution in [-0.2, 0) is 16.1 Å². The summed E-state index contributed by atoms with van der Waals surface area (Å²) in [6, 6.07) is 7.09. The van der Waals surface area contributed by atoms with Gasteiger partial charge in [0.15, 0.2) is 5.69 Å². The largest absolute Gasteiger partial charge is 0.383 e. The molecule has 182 valence electrons. The van der Waals surface area contributed by atoms with Gasteiger partial charge in [-0.2, -0.15) is 0 Å². The molecule has 0 bridgehead atoms. The number of carbonyl (C=O) groups excluding carboxylic acids is 2. The van der Waals surface area contributed by atoms with Crippen LogP contribution in [0, 0.1) is 0 Å². The predicted molar refractivity (Wildman–Crippen MR) is 133 cm³/mol. The van der Waals surface area contributed by atoms with Gasteiger partial charge < -0.3 is 15.5 Å². The molecule has 3 N–H and O–H groups in total. The zero-order chi connectivity index (χ0) is 24.8. The molecular weight excluding hydrogens is 434 g/mol. The Morgan fingerprint density at radius 2 is 1.82 bits per heavy atom. The smallest absolute Gasteiger partial charge is 0.330 e. The minimum absolute atomic E-state index is 0.0110. The Hall–Kier alpha value is -3.62. The molecule has 1 unspecified atom stereocenters. The van der Waals surface area contributed by atoms with E-state index in [-0.39, 0.29) is 36.3 Å². The molecular formula is C25H33N5O4. The molecule has 2 heterocycles. The van der Waals surface area contributed by atoms with E-state index < -0.39 is 17.3 Å². The number of hydrogen-bond donors (Lipinski definition) is 2. The van der Waals surface area contributed by atoms with Crippen LogP contribution in [0.15, 0.2) is 40.1 Å². The number of nitrogens with one attached hydrogen (secondary N) is 1. The normalized spacial score (nSPS) is 14.7. The first-order valence-corrected chi connectivity index (χ1v) is 11.8. The summed E-state index contributed by atoms with van der Waals surface area (Å²) < 4.78 is 1.31. The molecule has 3 rings (SSSR count). The lowest BCUT2D eigenvalue weighted by molar-refractivity contribution is -0.129. The third-order valence-corrected chi connectivity index (χ3v) is 6.09. The number of benzene rings is 1. The summed E-state index contributed by atoms with van der Waals surface area (Å²) >= 11 is 0. The van der Waals surface area contributed by atoms with Crippen molar-refractivity contribution in [3.63, 3.8) is 0 Å². The number of nitrogens with two attached hydrogens (primary N) is 1. The van der Waals surface area contributed by atoms with E-state index in [4.69, 9.17) is 5.73 Å². The second-order valence-corrected chi connectivity index (χ2v) is 8.49. The number of nitrogen functional groups attached to an aromatic ring is 1. The van der Waals surface area contributed by atoms with Crippen molar-refractivity contribution in [2.45, 2.75) is 65.5 Å². The van der Waals surface area contributed by atoms with Gasteiger partial charge in [0.2, 0.25) is 11.8 Å². The minimum Gasteiger partial charge on any atom is -0.383 e. The van der Waals surface area contributed by atoms with E-state index in [2.05, 4.69) is 4.98 Å². The van der Waals surface area contributed by atoms with Crippen molar-refractivity contribution < 1.29 is 9.59 Å². The highest BCUT2D eigenvalue weighted by Crippen LogP contribution is 2.34. The lowest BCUT2D eigenvalue weighted by Gasteiger charge is -2.34. The quantitative estimate of drug-likeness (QED) is 0.587. The van der Waals surface area contributed by atoms with Crippen molar-refractivity contribution in [2.24, 2.45) is 0 Å². The molecule has 1 atom stereocenters. The number of aromatic nitrogens is 2. The standard InChI is InChI=1S/C25H33N5O4/c1-4-6-13-29(22-23(26)30(14-7-5-2)25(34)27-24(22)33)21(32)16-20-19-11-9-8-10-18(19)12-15-28(20)17(3)31/h8-12,15,20H,4-7,13-14,16,26H2,1-3H3,(H,27,33,34). The first-order valence-electron chi connectivity index (χ1n) is 11.8. The Bertz CT molecular complexity index is 1200. The Morgan fingerprint density at radius 3 is 2.50 bits per heavy atom. The SMILES string of the molecule is CCCCN(C(=O)CC1c2ccccc2C=CN1C(C)=O)c1c(N)n(CCCC)c(=O)[nH]c1=O. The van der Waals surface area contributed by atoms with Crippen LogP contribution in [0.2, 0.25) is 0 Å². The van der Waals surface area contributed by atoms with Crippen LogP contribution in [-0.4, -0.2) is 32.8 Å². The van der Waals surface area contributed by atoms with Gasteiger partial charge >= 0.3 is 5.69 Å². The van der Waals surface area contributed by atoms with Crippen molar-refractivity contribution in [1.82, 2.24) is 14.5 Å². The van der Waals surface area contributed by atoms with E-state index >= 15 is 0 Å². The zero-order valence-electron chi connectivity index (χ0n) is 20.0. The number of unbranched alkanes of at least 4 members (excludes halogenated alkanes) is 2. The van der Waals surface area contributed by atoms with E-state index in [1.807, 2.05) is 44.2 Å². The highest BCUT2D eigenvalue weighted by molar-refractivity contribution is 5.96. The van der Waals surface area contributed by atoms with Gasteiger partial charge in [0.05, 0.1) is 12.5 Å². The Labute approximate surface area is 198 Å². The molecule has 1 aromatic carbocycles. The monoisotopic (exact) mass is 467 g/mol. The highest BCUT2D eigenvalue weighted by atomic mass is 16.2. The van der Waals surface area contributed by atoms with Crippen molar-refractivity contribution in [3.8, 4) is 0 Å². The first-order chi connectivity index (χ1) is 16.3. The average molecular weight is 468 g/mol. The van der Waals surface area contributed by atoms with Crippen LogP contribution in [0.1, 0.15) is 70.0 Å². The molecule has 1 aliphatic heterocycles. The fourth-order valence-corrected chi connectivity index (χ4v) is 4.24. The van der Waals surface area contributed by atoms with Crippen molar-refractivity contribution in [3.05, 3.63) is 62.4 Å². The molecule has 1 aliphatic rings. The third-order valence-electron chi connectivity index (χ3n) is 6.09. The summed E-state index contributed by atoms with van der Waals surface area (Å²) in [5, 5.41) is 0. The zero-order valence-corrected chi connectivity index (χ0v) is 20.0. The number of H-pyrrole nitrogens is 1. The Kier molecular flexibility index (Phi) is 8.09. The summed E-state index contributed by atoms with van der Waals surface area (Å²) in [5.41, 5.74) is 6.80. The first kappa shape index (κ1) is 25.0. The molecule has 34 heavy (non-hydrogen) atoms. The van der Waals surface area contributed by atoms with Crippen LogP contribution < -0.4 is 21.9 Å². The molecule has 0 aliphatic carbocycles. The van der Waals surface area contributed by atoms with Crippen molar-refractivity contribution in [1.29, 1.82) is 0 Å². The molecule has 1 aromatic heterocycles. The van der Waals surface area contributed by atoms with Gasteiger partial charge in [0, 0.05) is 26.2 Å². The topological polar surface area (TPSA) is 121 Å². The predicted octanol–water partition coefficient (Wildman–Crippen LogP) is 3.02. The summed E-state index contributed by atoms with van der Waals surface area (Å²) in [6.07, 6.45) is 6.50. The highest BCUT2D eigenvalue weighted by Gasteiger charge is 2.32. The van der Waals surface area contributed by atoms with Gasteiger partial charge in [-0.25, -0.2) is 4.79 Å². The molecule has 0 spiro atoms. The summed E-state index contributed by atoms with van der Waals surface area (Å²) in [4.78, 5) is 56.5. The molecule has 2 aromatic rings. The fraction of sp³-hybridized carbons (Fsp3) is 0.440. The second-order valence-electron chi connectivity index (χ2n) is 8.49. The number of aromatic amines is 1.